The van der Waals surface area contributed by atoms with Crippen molar-refractivity contribution in [3.05, 3.63) is 53.9 Å². The summed E-state index contributed by atoms with van der Waals surface area (Å²) in [4.78, 5) is 8.93. The van der Waals surface area contributed by atoms with E-state index in [1.54, 1.807) is 12.5 Å². The summed E-state index contributed by atoms with van der Waals surface area (Å²) in [5.74, 6) is 1.53. The SMILES string of the molecule is CN/C(=C\CN1CCN(Cc2ncco2)CC1)C(=N)c1cc(OC2(C)CC2)ccc1N. The quantitative estimate of drug-likeness (QED) is 0.420. The van der Waals surface area contributed by atoms with Crippen molar-refractivity contribution in [2.45, 2.75) is 31.9 Å². The lowest BCUT2D eigenvalue weighted by molar-refractivity contribution is 0.128. The summed E-state index contributed by atoms with van der Waals surface area (Å²) in [7, 11) is 1.84. The third-order valence-electron chi connectivity index (χ3n) is 6.01. The Morgan fingerprint density at radius 2 is 2.03 bits per heavy atom. The number of hydrogen-bond donors (Lipinski definition) is 3. The molecule has 1 saturated carbocycles. The standard InChI is InChI=1S/C23H32N6O2/c1-23(6-7-23)31-17-3-4-19(24)18(15-17)22(25)20(26-2)5-9-28-10-12-29(13-11-28)16-21-27-8-14-30-21/h3-5,8,14-15,25-26H,6-7,9-13,16,24H2,1-2H3/b20-5-,25-22?. The second-order valence-corrected chi connectivity index (χ2v) is 8.55. The normalized spacial score (nSPS) is 19.2. The monoisotopic (exact) mass is 424 g/mol. The first-order chi connectivity index (χ1) is 15.0. The first-order valence-corrected chi connectivity index (χ1v) is 10.8. The molecule has 1 saturated heterocycles. The van der Waals surface area contributed by atoms with Crippen LogP contribution in [0, 0.1) is 5.41 Å². The van der Waals surface area contributed by atoms with E-state index in [4.69, 9.17) is 20.3 Å². The Kier molecular flexibility index (Phi) is 6.29. The van der Waals surface area contributed by atoms with Crippen LogP contribution in [0.4, 0.5) is 5.69 Å². The molecule has 1 aromatic heterocycles. The fourth-order valence-electron chi connectivity index (χ4n) is 3.72. The van der Waals surface area contributed by atoms with E-state index in [0.29, 0.717) is 17.0 Å². The van der Waals surface area contributed by atoms with E-state index in [0.717, 1.165) is 69.4 Å². The summed E-state index contributed by atoms with van der Waals surface area (Å²) in [6.07, 6.45) is 7.51. The summed E-state index contributed by atoms with van der Waals surface area (Å²) < 4.78 is 11.4. The summed E-state index contributed by atoms with van der Waals surface area (Å²) in [6, 6.07) is 5.59. The summed E-state index contributed by atoms with van der Waals surface area (Å²) in [5, 5.41) is 11.9. The largest absolute Gasteiger partial charge is 0.488 e. The predicted molar refractivity (Wildman–Crippen MR) is 121 cm³/mol. The average molecular weight is 425 g/mol. The molecular weight excluding hydrogens is 392 g/mol. The van der Waals surface area contributed by atoms with Crippen LogP contribution in [0.5, 0.6) is 5.75 Å². The molecule has 0 atom stereocenters. The Bertz CT molecular complexity index is 928. The van der Waals surface area contributed by atoms with Crippen LogP contribution in [0.15, 0.2) is 46.8 Å². The van der Waals surface area contributed by atoms with E-state index in [2.05, 4.69) is 33.1 Å². The molecule has 4 N–H and O–H groups in total. The van der Waals surface area contributed by atoms with Crippen molar-refractivity contribution in [3.8, 4) is 5.75 Å². The van der Waals surface area contributed by atoms with Gasteiger partial charge in [0.05, 0.1) is 24.2 Å². The molecule has 1 aliphatic carbocycles. The maximum atomic E-state index is 8.72. The first kappa shape index (κ1) is 21.4. The molecule has 1 aliphatic heterocycles. The molecule has 166 valence electrons. The fourth-order valence-corrected chi connectivity index (χ4v) is 3.72. The Hall–Kier alpha value is -2.84. The topological polar surface area (TPSA) is 104 Å². The van der Waals surface area contributed by atoms with Crippen LogP contribution in [0.1, 0.15) is 31.2 Å². The number of nitrogens with two attached hydrogens (primary N) is 1. The number of piperazine rings is 1. The molecule has 0 amide bonds. The van der Waals surface area contributed by atoms with Gasteiger partial charge in [0.15, 0.2) is 0 Å². The first-order valence-electron chi connectivity index (χ1n) is 10.8. The minimum atomic E-state index is -0.0631. The van der Waals surface area contributed by atoms with Crippen molar-refractivity contribution in [1.82, 2.24) is 20.1 Å². The number of oxazole rings is 1. The van der Waals surface area contributed by atoms with Crippen molar-refractivity contribution in [2.24, 2.45) is 0 Å². The minimum Gasteiger partial charge on any atom is -0.488 e. The second-order valence-electron chi connectivity index (χ2n) is 8.55. The molecule has 0 radical (unpaired) electrons. The molecule has 2 aliphatic rings. The van der Waals surface area contributed by atoms with Gasteiger partial charge in [0.2, 0.25) is 5.89 Å². The van der Waals surface area contributed by atoms with Gasteiger partial charge in [-0.05, 0) is 44.0 Å². The number of hydrogen-bond acceptors (Lipinski definition) is 8. The average Bonchev–Trinajstić information content (AvgIpc) is 3.26. The van der Waals surface area contributed by atoms with Gasteiger partial charge in [-0.2, -0.15) is 0 Å². The van der Waals surface area contributed by atoms with Gasteiger partial charge in [-0.15, -0.1) is 0 Å². The van der Waals surface area contributed by atoms with Crippen LogP contribution in [-0.4, -0.2) is 65.9 Å². The Labute approximate surface area is 183 Å². The van der Waals surface area contributed by atoms with Crippen molar-refractivity contribution in [2.75, 3.05) is 45.5 Å². The maximum absolute atomic E-state index is 8.72. The number of aromatic nitrogens is 1. The molecule has 8 nitrogen and oxygen atoms in total. The smallest absolute Gasteiger partial charge is 0.208 e. The van der Waals surface area contributed by atoms with Crippen LogP contribution in [0.2, 0.25) is 0 Å². The van der Waals surface area contributed by atoms with Crippen LogP contribution < -0.4 is 15.8 Å². The van der Waals surface area contributed by atoms with Crippen LogP contribution in [-0.2, 0) is 6.54 Å². The number of allylic oxidation sites excluding steroid dienone is 1. The zero-order valence-electron chi connectivity index (χ0n) is 18.4. The number of benzene rings is 1. The second kappa shape index (κ2) is 9.11. The van der Waals surface area contributed by atoms with Crippen molar-refractivity contribution in [3.63, 3.8) is 0 Å². The number of ether oxygens (including phenoxy) is 1. The van der Waals surface area contributed by atoms with Crippen LogP contribution >= 0.6 is 0 Å². The van der Waals surface area contributed by atoms with E-state index < -0.39 is 0 Å². The lowest BCUT2D eigenvalue weighted by Gasteiger charge is -2.33. The van der Waals surface area contributed by atoms with Gasteiger partial charge >= 0.3 is 0 Å². The van der Waals surface area contributed by atoms with E-state index in [9.17, 15) is 0 Å². The minimum absolute atomic E-state index is 0.0631. The molecule has 0 unspecified atom stereocenters. The summed E-state index contributed by atoms with van der Waals surface area (Å²) in [5.41, 5.74) is 8.56. The number of nitrogens with zero attached hydrogens (tertiary/aromatic N) is 3. The number of likely N-dealkylation sites (N-methyl/N-ethyl adjacent to an activating group) is 1. The number of nitrogens with one attached hydrogen (secondary N) is 2. The van der Waals surface area contributed by atoms with E-state index >= 15 is 0 Å². The highest BCUT2D eigenvalue weighted by molar-refractivity contribution is 6.13. The van der Waals surface area contributed by atoms with Crippen molar-refractivity contribution < 1.29 is 9.15 Å². The molecule has 2 heterocycles. The summed E-state index contributed by atoms with van der Waals surface area (Å²) in [6.45, 7) is 7.50. The zero-order chi connectivity index (χ0) is 21.8. The molecule has 0 bridgehead atoms. The van der Waals surface area contributed by atoms with Crippen LogP contribution in [0.3, 0.4) is 0 Å². The van der Waals surface area contributed by atoms with Crippen LogP contribution in [0.25, 0.3) is 0 Å². The lowest BCUT2D eigenvalue weighted by Crippen LogP contribution is -2.46. The highest BCUT2D eigenvalue weighted by Crippen LogP contribution is 2.40. The number of rotatable bonds is 9. The van der Waals surface area contributed by atoms with Gasteiger partial charge in [0.25, 0.3) is 0 Å². The molecule has 1 aromatic carbocycles. The van der Waals surface area contributed by atoms with Gasteiger partial charge < -0.3 is 20.2 Å². The Morgan fingerprint density at radius 3 is 2.68 bits per heavy atom. The molecule has 2 fully saturated rings. The molecule has 4 rings (SSSR count). The third-order valence-corrected chi connectivity index (χ3v) is 6.01. The van der Waals surface area contributed by atoms with Gasteiger partial charge in [-0.3, -0.25) is 15.2 Å². The lowest BCUT2D eigenvalue weighted by atomic mass is 10.0. The maximum Gasteiger partial charge on any atom is 0.208 e. The highest BCUT2D eigenvalue weighted by atomic mass is 16.5. The Morgan fingerprint density at radius 1 is 1.29 bits per heavy atom. The number of anilines is 1. The fraction of sp³-hybridized carbons (Fsp3) is 0.478. The van der Waals surface area contributed by atoms with E-state index in [-0.39, 0.29) is 5.60 Å². The van der Waals surface area contributed by atoms with E-state index in [1.807, 2.05) is 25.2 Å². The van der Waals surface area contributed by atoms with E-state index in [1.165, 1.54) is 0 Å². The van der Waals surface area contributed by atoms with Crippen molar-refractivity contribution in [1.29, 1.82) is 5.41 Å². The molecule has 8 heteroatoms. The van der Waals surface area contributed by atoms with Gasteiger partial charge in [0.1, 0.15) is 17.6 Å². The van der Waals surface area contributed by atoms with Gasteiger partial charge in [-0.25, -0.2) is 4.98 Å². The van der Waals surface area contributed by atoms with Gasteiger partial charge in [-0.1, -0.05) is 0 Å². The molecular formula is C23H32N6O2. The zero-order valence-corrected chi connectivity index (χ0v) is 18.4. The third kappa shape index (κ3) is 5.45. The molecule has 2 aromatic rings. The molecule has 31 heavy (non-hydrogen) atoms. The molecule has 0 spiro atoms. The summed E-state index contributed by atoms with van der Waals surface area (Å²) >= 11 is 0. The highest BCUT2D eigenvalue weighted by Gasteiger charge is 2.40. The Balaban J connectivity index is 1.35. The van der Waals surface area contributed by atoms with Crippen molar-refractivity contribution >= 4 is 11.4 Å². The predicted octanol–water partition coefficient (Wildman–Crippen LogP) is 2.48. The van der Waals surface area contributed by atoms with Gasteiger partial charge in [0, 0.05) is 51.0 Å². The number of nitrogen functional groups attached to an aromatic ring is 1.